The van der Waals surface area contributed by atoms with E-state index in [4.69, 9.17) is 9.47 Å². The first-order valence-electron chi connectivity index (χ1n) is 6.43. The molecule has 0 saturated heterocycles. The van der Waals surface area contributed by atoms with Crippen LogP contribution in [0.5, 0.6) is 5.75 Å². The zero-order valence-corrected chi connectivity index (χ0v) is 12.4. The van der Waals surface area contributed by atoms with E-state index in [0.29, 0.717) is 44.2 Å². The van der Waals surface area contributed by atoms with E-state index in [0.717, 1.165) is 0 Å². The molecular formula is C14H20FNO3S. The molecule has 112 valence electrons. The number of rotatable bonds is 9. The molecule has 0 radical (unpaired) electrons. The first kappa shape index (κ1) is 16.8. The lowest BCUT2D eigenvalue weighted by Crippen LogP contribution is -2.37. The van der Waals surface area contributed by atoms with E-state index in [1.165, 1.54) is 12.1 Å². The highest BCUT2D eigenvalue weighted by molar-refractivity contribution is 7.80. The standard InChI is InChI=1S/C14H20FNO3S/c1-18-9-7-16(14(17)6-11-20)8-10-19-13-4-2-12(15)3-5-13/h2-5,20H,6-11H2,1H3. The van der Waals surface area contributed by atoms with Gasteiger partial charge in [-0.05, 0) is 30.0 Å². The second-order valence-corrected chi connectivity index (χ2v) is 4.60. The molecule has 1 aromatic carbocycles. The maximum atomic E-state index is 12.7. The average molecular weight is 301 g/mol. The highest BCUT2D eigenvalue weighted by Gasteiger charge is 2.12. The van der Waals surface area contributed by atoms with Crippen LogP contribution in [0.4, 0.5) is 4.39 Å². The van der Waals surface area contributed by atoms with Crippen molar-refractivity contribution in [2.75, 3.05) is 39.2 Å². The Balaban J connectivity index is 2.40. The molecular weight excluding hydrogens is 281 g/mol. The van der Waals surface area contributed by atoms with Gasteiger partial charge < -0.3 is 14.4 Å². The Morgan fingerprint density at radius 3 is 2.50 bits per heavy atom. The van der Waals surface area contributed by atoms with Crippen molar-refractivity contribution in [2.24, 2.45) is 0 Å². The lowest BCUT2D eigenvalue weighted by Gasteiger charge is -2.22. The molecule has 0 aromatic heterocycles. The smallest absolute Gasteiger partial charge is 0.223 e. The van der Waals surface area contributed by atoms with E-state index in [1.807, 2.05) is 0 Å². The Kier molecular flexibility index (Phi) is 8.06. The van der Waals surface area contributed by atoms with Gasteiger partial charge in [0.25, 0.3) is 0 Å². The van der Waals surface area contributed by atoms with Crippen LogP contribution in [0, 0.1) is 5.82 Å². The van der Waals surface area contributed by atoms with Crippen molar-refractivity contribution in [1.82, 2.24) is 4.90 Å². The minimum atomic E-state index is -0.303. The van der Waals surface area contributed by atoms with Crippen LogP contribution in [0.1, 0.15) is 6.42 Å². The predicted octanol–water partition coefficient (Wildman–Crippen LogP) is 2.00. The first-order chi connectivity index (χ1) is 9.67. The average Bonchev–Trinajstić information content (AvgIpc) is 2.44. The fourth-order valence-corrected chi connectivity index (χ4v) is 1.81. The largest absolute Gasteiger partial charge is 0.492 e. The summed E-state index contributed by atoms with van der Waals surface area (Å²) in [5, 5.41) is 0. The van der Waals surface area contributed by atoms with Crippen molar-refractivity contribution < 1.29 is 18.7 Å². The Labute approximate surface area is 124 Å². The van der Waals surface area contributed by atoms with E-state index < -0.39 is 0 Å². The molecule has 0 spiro atoms. The molecule has 6 heteroatoms. The van der Waals surface area contributed by atoms with Gasteiger partial charge in [-0.1, -0.05) is 0 Å². The molecule has 0 aliphatic carbocycles. The predicted molar refractivity (Wildman–Crippen MR) is 78.8 cm³/mol. The van der Waals surface area contributed by atoms with Crippen LogP contribution < -0.4 is 4.74 Å². The molecule has 0 fully saturated rings. The number of nitrogens with zero attached hydrogens (tertiary/aromatic N) is 1. The van der Waals surface area contributed by atoms with Crippen LogP contribution in [0.3, 0.4) is 0 Å². The molecule has 4 nitrogen and oxygen atoms in total. The second kappa shape index (κ2) is 9.61. The summed E-state index contributed by atoms with van der Waals surface area (Å²) in [6.07, 6.45) is 0.392. The van der Waals surface area contributed by atoms with Crippen LogP contribution in [0.15, 0.2) is 24.3 Å². The number of hydrogen-bond donors (Lipinski definition) is 1. The van der Waals surface area contributed by atoms with Gasteiger partial charge in [0.05, 0.1) is 13.2 Å². The molecule has 0 atom stereocenters. The summed E-state index contributed by atoms with van der Waals surface area (Å²) < 4.78 is 23.2. The molecule has 1 rings (SSSR count). The SMILES string of the molecule is COCCN(CCOc1ccc(F)cc1)C(=O)CCS. The van der Waals surface area contributed by atoms with Gasteiger partial charge in [0, 0.05) is 20.1 Å². The summed E-state index contributed by atoms with van der Waals surface area (Å²) in [4.78, 5) is 13.5. The molecule has 1 aromatic rings. The highest BCUT2D eigenvalue weighted by atomic mass is 32.1. The zero-order chi connectivity index (χ0) is 14.8. The van der Waals surface area contributed by atoms with Crippen molar-refractivity contribution in [2.45, 2.75) is 6.42 Å². The van der Waals surface area contributed by atoms with Gasteiger partial charge in [-0.25, -0.2) is 4.39 Å². The number of ether oxygens (including phenoxy) is 2. The van der Waals surface area contributed by atoms with Gasteiger partial charge in [0.15, 0.2) is 0 Å². The van der Waals surface area contributed by atoms with Crippen LogP contribution in [0.2, 0.25) is 0 Å². The number of benzene rings is 1. The summed E-state index contributed by atoms with van der Waals surface area (Å²) >= 11 is 4.06. The van der Waals surface area contributed by atoms with Gasteiger partial charge in [-0.3, -0.25) is 4.79 Å². The molecule has 0 aliphatic heterocycles. The first-order valence-corrected chi connectivity index (χ1v) is 7.06. The Bertz CT molecular complexity index is 400. The Morgan fingerprint density at radius 1 is 1.25 bits per heavy atom. The molecule has 0 aliphatic rings. The number of methoxy groups -OCH3 is 1. The quantitative estimate of drug-likeness (QED) is 0.709. The minimum absolute atomic E-state index is 0.0276. The zero-order valence-electron chi connectivity index (χ0n) is 11.5. The molecule has 20 heavy (non-hydrogen) atoms. The topological polar surface area (TPSA) is 38.8 Å². The number of hydrogen-bond acceptors (Lipinski definition) is 4. The van der Waals surface area contributed by atoms with Gasteiger partial charge in [-0.2, -0.15) is 12.6 Å². The highest BCUT2D eigenvalue weighted by Crippen LogP contribution is 2.11. The summed E-state index contributed by atoms with van der Waals surface area (Å²) in [6.45, 7) is 1.83. The molecule has 0 bridgehead atoms. The van der Waals surface area contributed by atoms with Crippen LogP contribution >= 0.6 is 12.6 Å². The molecule has 0 unspecified atom stereocenters. The lowest BCUT2D eigenvalue weighted by molar-refractivity contribution is -0.131. The third kappa shape index (κ3) is 6.25. The third-order valence-electron chi connectivity index (χ3n) is 2.69. The molecule has 1 amide bonds. The minimum Gasteiger partial charge on any atom is -0.492 e. The van der Waals surface area contributed by atoms with E-state index in [-0.39, 0.29) is 11.7 Å². The van der Waals surface area contributed by atoms with Gasteiger partial charge in [0.1, 0.15) is 18.2 Å². The summed E-state index contributed by atoms with van der Waals surface area (Å²) in [5.74, 6) is 0.823. The van der Waals surface area contributed by atoms with Gasteiger partial charge >= 0.3 is 0 Å². The van der Waals surface area contributed by atoms with Gasteiger partial charge in [-0.15, -0.1) is 0 Å². The van der Waals surface area contributed by atoms with Crippen LogP contribution in [-0.2, 0) is 9.53 Å². The number of thiol groups is 1. The van der Waals surface area contributed by atoms with E-state index in [1.54, 1.807) is 24.1 Å². The Morgan fingerprint density at radius 2 is 1.90 bits per heavy atom. The maximum Gasteiger partial charge on any atom is 0.223 e. The molecule has 0 heterocycles. The number of amides is 1. The second-order valence-electron chi connectivity index (χ2n) is 4.15. The maximum absolute atomic E-state index is 12.7. The number of carbonyl (C=O) groups excluding carboxylic acids is 1. The van der Waals surface area contributed by atoms with Crippen LogP contribution in [-0.4, -0.2) is 50.0 Å². The van der Waals surface area contributed by atoms with Crippen molar-refractivity contribution >= 4 is 18.5 Å². The van der Waals surface area contributed by atoms with Crippen molar-refractivity contribution in [3.05, 3.63) is 30.1 Å². The van der Waals surface area contributed by atoms with E-state index >= 15 is 0 Å². The van der Waals surface area contributed by atoms with Crippen LogP contribution in [0.25, 0.3) is 0 Å². The fourth-order valence-electron chi connectivity index (χ4n) is 1.62. The van der Waals surface area contributed by atoms with Crippen molar-refractivity contribution in [3.63, 3.8) is 0 Å². The monoisotopic (exact) mass is 301 g/mol. The third-order valence-corrected chi connectivity index (χ3v) is 2.91. The van der Waals surface area contributed by atoms with Crippen molar-refractivity contribution in [3.8, 4) is 5.75 Å². The van der Waals surface area contributed by atoms with E-state index in [2.05, 4.69) is 12.6 Å². The normalized spacial score (nSPS) is 10.3. The molecule has 0 saturated carbocycles. The lowest BCUT2D eigenvalue weighted by atomic mass is 10.3. The Hall–Kier alpha value is -1.27. The molecule has 0 N–H and O–H groups in total. The summed E-state index contributed by atoms with van der Waals surface area (Å²) in [7, 11) is 1.59. The number of carbonyl (C=O) groups is 1. The summed E-state index contributed by atoms with van der Waals surface area (Å²) in [6, 6.07) is 5.79. The summed E-state index contributed by atoms with van der Waals surface area (Å²) in [5.41, 5.74) is 0. The van der Waals surface area contributed by atoms with Gasteiger partial charge in [0.2, 0.25) is 5.91 Å². The van der Waals surface area contributed by atoms with Crippen molar-refractivity contribution in [1.29, 1.82) is 0 Å². The number of halogens is 1. The van der Waals surface area contributed by atoms with E-state index in [9.17, 15) is 9.18 Å². The fraction of sp³-hybridized carbons (Fsp3) is 0.500.